The molecular formula is C10H21NO. The lowest BCUT2D eigenvalue weighted by Gasteiger charge is -2.29. The zero-order valence-electron chi connectivity index (χ0n) is 8.31. The van der Waals surface area contributed by atoms with Gasteiger partial charge in [0.1, 0.15) is 0 Å². The number of nitrogens with two attached hydrogens (primary N) is 1. The monoisotopic (exact) mass is 171 g/mol. The van der Waals surface area contributed by atoms with Crippen LogP contribution in [0.5, 0.6) is 0 Å². The van der Waals surface area contributed by atoms with Crippen molar-refractivity contribution in [1.29, 1.82) is 0 Å². The molecule has 0 spiro atoms. The Labute approximate surface area is 75.5 Å². The van der Waals surface area contributed by atoms with E-state index in [0.717, 1.165) is 12.3 Å². The van der Waals surface area contributed by atoms with E-state index < -0.39 is 0 Å². The molecule has 1 aliphatic carbocycles. The maximum Gasteiger partial charge on any atom is 0.0775 e. The third kappa shape index (κ3) is 2.46. The van der Waals surface area contributed by atoms with E-state index in [0.29, 0.717) is 6.54 Å². The van der Waals surface area contributed by atoms with Crippen molar-refractivity contribution in [2.45, 2.75) is 44.6 Å². The first-order valence-electron chi connectivity index (χ1n) is 4.95. The number of rotatable bonds is 4. The van der Waals surface area contributed by atoms with Gasteiger partial charge < -0.3 is 10.5 Å². The lowest BCUT2D eigenvalue weighted by atomic mass is 9.91. The molecule has 1 fully saturated rings. The van der Waals surface area contributed by atoms with Crippen LogP contribution < -0.4 is 5.73 Å². The smallest absolute Gasteiger partial charge is 0.0775 e. The van der Waals surface area contributed by atoms with Crippen molar-refractivity contribution in [3.8, 4) is 0 Å². The summed E-state index contributed by atoms with van der Waals surface area (Å²) < 4.78 is 5.42. The number of hydrogen-bond donors (Lipinski definition) is 1. The van der Waals surface area contributed by atoms with Crippen LogP contribution in [0.3, 0.4) is 0 Å². The Kier molecular flexibility index (Phi) is 3.53. The molecule has 0 heterocycles. The van der Waals surface area contributed by atoms with Crippen LogP contribution in [0, 0.1) is 5.92 Å². The lowest BCUT2D eigenvalue weighted by molar-refractivity contribution is -0.00570. The first kappa shape index (κ1) is 10.0. The van der Waals surface area contributed by atoms with Gasteiger partial charge in [0.15, 0.2) is 0 Å². The van der Waals surface area contributed by atoms with Crippen molar-refractivity contribution in [2.75, 3.05) is 13.7 Å². The van der Waals surface area contributed by atoms with Gasteiger partial charge in [-0.25, -0.2) is 0 Å². The van der Waals surface area contributed by atoms with Crippen LogP contribution in [-0.4, -0.2) is 19.3 Å². The molecule has 1 unspecified atom stereocenters. The number of methoxy groups -OCH3 is 1. The largest absolute Gasteiger partial charge is 0.377 e. The van der Waals surface area contributed by atoms with Gasteiger partial charge in [-0.15, -0.1) is 0 Å². The summed E-state index contributed by atoms with van der Waals surface area (Å²) in [6.07, 6.45) is 6.68. The molecule has 0 saturated heterocycles. The van der Waals surface area contributed by atoms with Gasteiger partial charge in [0.25, 0.3) is 0 Å². The van der Waals surface area contributed by atoms with E-state index in [1.807, 2.05) is 0 Å². The zero-order valence-corrected chi connectivity index (χ0v) is 8.31. The van der Waals surface area contributed by atoms with Gasteiger partial charge in [-0.3, -0.25) is 0 Å². The Morgan fingerprint density at radius 1 is 1.42 bits per heavy atom. The molecule has 1 rings (SSSR count). The molecule has 0 bridgehead atoms. The van der Waals surface area contributed by atoms with E-state index >= 15 is 0 Å². The summed E-state index contributed by atoms with van der Waals surface area (Å²) >= 11 is 0. The van der Waals surface area contributed by atoms with Crippen molar-refractivity contribution in [2.24, 2.45) is 11.7 Å². The van der Waals surface area contributed by atoms with E-state index in [2.05, 4.69) is 6.92 Å². The molecule has 2 nitrogen and oxygen atoms in total. The minimum absolute atomic E-state index is 0.0744. The summed E-state index contributed by atoms with van der Waals surface area (Å²) in [7, 11) is 1.77. The minimum atomic E-state index is -0.0744. The van der Waals surface area contributed by atoms with Crippen LogP contribution in [0.25, 0.3) is 0 Å². The molecule has 72 valence electrons. The van der Waals surface area contributed by atoms with Crippen LogP contribution in [0.4, 0.5) is 0 Å². The summed E-state index contributed by atoms with van der Waals surface area (Å²) in [6.45, 7) is 2.76. The summed E-state index contributed by atoms with van der Waals surface area (Å²) in [6, 6.07) is 0. The maximum atomic E-state index is 5.67. The SMILES string of the molecule is COC(C)(CN)CC1CCCC1. The first-order chi connectivity index (χ1) is 5.70. The van der Waals surface area contributed by atoms with Crippen LogP contribution in [-0.2, 0) is 4.74 Å². The van der Waals surface area contributed by atoms with E-state index in [9.17, 15) is 0 Å². The number of ether oxygens (including phenoxy) is 1. The van der Waals surface area contributed by atoms with E-state index in [-0.39, 0.29) is 5.60 Å². The normalized spacial score (nSPS) is 24.2. The third-order valence-corrected chi connectivity index (χ3v) is 3.12. The summed E-state index contributed by atoms with van der Waals surface area (Å²) in [5, 5.41) is 0. The quantitative estimate of drug-likeness (QED) is 0.701. The molecule has 0 radical (unpaired) electrons. The van der Waals surface area contributed by atoms with Crippen LogP contribution >= 0.6 is 0 Å². The molecule has 1 saturated carbocycles. The lowest BCUT2D eigenvalue weighted by Crippen LogP contribution is -2.38. The molecule has 1 atom stereocenters. The minimum Gasteiger partial charge on any atom is -0.377 e. The Morgan fingerprint density at radius 3 is 2.42 bits per heavy atom. The molecule has 12 heavy (non-hydrogen) atoms. The maximum absolute atomic E-state index is 5.67. The predicted octanol–water partition coefficient (Wildman–Crippen LogP) is 1.93. The van der Waals surface area contributed by atoms with Gasteiger partial charge in [-0.05, 0) is 19.3 Å². The second-order valence-electron chi connectivity index (χ2n) is 4.21. The molecule has 0 aromatic carbocycles. The first-order valence-corrected chi connectivity index (χ1v) is 4.95. The summed E-state index contributed by atoms with van der Waals surface area (Å²) in [4.78, 5) is 0. The highest BCUT2D eigenvalue weighted by molar-refractivity contribution is 4.81. The van der Waals surface area contributed by atoms with Gasteiger partial charge >= 0.3 is 0 Å². The molecule has 0 amide bonds. The molecule has 1 aliphatic rings. The molecular weight excluding hydrogens is 150 g/mol. The summed E-state index contributed by atoms with van der Waals surface area (Å²) in [5.41, 5.74) is 5.60. The highest BCUT2D eigenvalue weighted by Gasteiger charge is 2.27. The zero-order chi connectivity index (χ0) is 9.03. The highest BCUT2D eigenvalue weighted by atomic mass is 16.5. The fourth-order valence-corrected chi connectivity index (χ4v) is 2.08. The third-order valence-electron chi connectivity index (χ3n) is 3.12. The van der Waals surface area contributed by atoms with Gasteiger partial charge in [0, 0.05) is 13.7 Å². The Hall–Kier alpha value is -0.0800. The molecule has 2 N–H and O–H groups in total. The van der Waals surface area contributed by atoms with Gasteiger partial charge in [0.2, 0.25) is 0 Å². The van der Waals surface area contributed by atoms with E-state index in [4.69, 9.17) is 10.5 Å². The van der Waals surface area contributed by atoms with Crippen molar-refractivity contribution in [3.63, 3.8) is 0 Å². The van der Waals surface area contributed by atoms with Crippen molar-refractivity contribution in [3.05, 3.63) is 0 Å². The van der Waals surface area contributed by atoms with Gasteiger partial charge in [0.05, 0.1) is 5.60 Å². The van der Waals surface area contributed by atoms with Crippen LogP contribution in [0.15, 0.2) is 0 Å². The van der Waals surface area contributed by atoms with E-state index in [1.54, 1.807) is 7.11 Å². The van der Waals surface area contributed by atoms with E-state index in [1.165, 1.54) is 25.7 Å². The average molecular weight is 171 g/mol. The summed E-state index contributed by atoms with van der Waals surface area (Å²) in [5.74, 6) is 0.860. The Balaban J connectivity index is 2.35. The van der Waals surface area contributed by atoms with Gasteiger partial charge in [-0.1, -0.05) is 25.7 Å². The van der Waals surface area contributed by atoms with Gasteiger partial charge in [-0.2, -0.15) is 0 Å². The van der Waals surface area contributed by atoms with Crippen molar-refractivity contribution in [1.82, 2.24) is 0 Å². The number of hydrogen-bond acceptors (Lipinski definition) is 2. The molecule has 0 aromatic heterocycles. The Bertz CT molecular complexity index is 126. The van der Waals surface area contributed by atoms with Crippen molar-refractivity contribution < 1.29 is 4.74 Å². The fraction of sp³-hybridized carbons (Fsp3) is 1.00. The standard InChI is InChI=1S/C10H21NO/c1-10(8-11,12-2)7-9-5-3-4-6-9/h9H,3-8,11H2,1-2H3. The predicted molar refractivity (Wildman–Crippen MR) is 51.0 cm³/mol. The molecule has 0 aromatic rings. The average Bonchev–Trinajstić information content (AvgIpc) is 2.57. The molecule has 2 heteroatoms. The van der Waals surface area contributed by atoms with Crippen LogP contribution in [0.1, 0.15) is 39.0 Å². The fourth-order valence-electron chi connectivity index (χ4n) is 2.08. The Morgan fingerprint density at radius 2 is 2.00 bits per heavy atom. The van der Waals surface area contributed by atoms with Crippen LogP contribution in [0.2, 0.25) is 0 Å². The topological polar surface area (TPSA) is 35.2 Å². The van der Waals surface area contributed by atoms with Crippen molar-refractivity contribution >= 4 is 0 Å². The molecule has 0 aliphatic heterocycles. The second kappa shape index (κ2) is 4.24. The second-order valence-corrected chi connectivity index (χ2v) is 4.21. The highest BCUT2D eigenvalue weighted by Crippen LogP contribution is 2.32.